The first-order valence-corrected chi connectivity index (χ1v) is 7.83. The first kappa shape index (κ1) is 14.7. The van der Waals surface area contributed by atoms with E-state index >= 15 is 0 Å². The van der Waals surface area contributed by atoms with Crippen molar-refractivity contribution in [2.24, 2.45) is 12.0 Å². The molecule has 2 heterocycles. The molecule has 1 aliphatic heterocycles. The lowest BCUT2D eigenvalue weighted by molar-refractivity contribution is -0.115. The van der Waals surface area contributed by atoms with Crippen LogP contribution in [0, 0.1) is 13.8 Å². The van der Waals surface area contributed by atoms with E-state index < -0.39 is 0 Å². The van der Waals surface area contributed by atoms with E-state index in [-0.39, 0.29) is 5.91 Å². The number of thioether (sulfide) groups is 1. The lowest BCUT2D eigenvalue weighted by atomic mass is 10.1. The summed E-state index contributed by atoms with van der Waals surface area (Å²) in [6.45, 7) is 4.09. The normalized spacial score (nSPS) is 18.2. The molecule has 1 amide bonds. The number of amidine groups is 1. The van der Waals surface area contributed by atoms with Crippen LogP contribution in [0.25, 0.3) is 6.08 Å². The fourth-order valence-electron chi connectivity index (χ4n) is 2.21. The number of rotatable bonds is 2. The molecule has 5 heteroatoms. The largest absolute Gasteiger partial charge is 0.351 e. The van der Waals surface area contributed by atoms with E-state index in [2.05, 4.69) is 23.3 Å². The molecule has 1 aliphatic rings. The summed E-state index contributed by atoms with van der Waals surface area (Å²) in [4.78, 5) is 17.3. The average Bonchev–Trinajstić information content (AvgIpc) is 3.03. The van der Waals surface area contributed by atoms with Crippen molar-refractivity contribution in [2.75, 3.05) is 0 Å². The Hall–Kier alpha value is -2.27. The fourth-order valence-corrected chi connectivity index (χ4v) is 3.02. The van der Waals surface area contributed by atoms with Crippen molar-refractivity contribution >= 4 is 34.6 Å². The summed E-state index contributed by atoms with van der Waals surface area (Å²) in [7, 11) is 1.95. The third-order valence-corrected chi connectivity index (χ3v) is 4.62. The summed E-state index contributed by atoms with van der Waals surface area (Å²) in [6.07, 6.45) is 3.83. The summed E-state index contributed by atoms with van der Waals surface area (Å²) in [6, 6.07) is 9.92. The van der Waals surface area contributed by atoms with Crippen molar-refractivity contribution in [1.82, 2.24) is 9.88 Å². The number of carbonyl (C=O) groups excluding carboxylic acids is 1. The van der Waals surface area contributed by atoms with Gasteiger partial charge in [0.15, 0.2) is 5.17 Å². The molecule has 0 spiro atoms. The quantitative estimate of drug-likeness (QED) is 0.862. The number of aliphatic imine (C=N–C) groups is 1. The van der Waals surface area contributed by atoms with Crippen LogP contribution in [0.5, 0.6) is 0 Å². The highest BCUT2D eigenvalue weighted by atomic mass is 32.2. The Labute approximate surface area is 133 Å². The molecule has 1 fully saturated rings. The van der Waals surface area contributed by atoms with Gasteiger partial charge in [0.1, 0.15) is 0 Å². The van der Waals surface area contributed by atoms with Gasteiger partial charge in [-0.25, -0.2) is 4.99 Å². The number of benzene rings is 1. The van der Waals surface area contributed by atoms with Crippen LogP contribution in [0.15, 0.2) is 46.4 Å². The van der Waals surface area contributed by atoms with E-state index in [1.54, 1.807) is 0 Å². The number of nitrogens with zero attached hydrogens (tertiary/aromatic N) is 2. The summed E-state index contributed by atoms with van der Waals surface area (Å²) in [5.41, 5.74) is 4.20. The van der Waals surface area contributed by atoms with E-state index in [0.717, 1.165) is 16.9 Å². The standard InChI is InChI=1S/C17H17N3OS/c1-11-6-4-8-14(12(11)2)18-17-19-16(21)15(22-17)10-13-7-5-9-20(13)3/h4-10H,1-3H3,(H,18,19,21)/b15-10-. The van der Waals surface area contributed by atoms with Crippen molar-refractivity contribution in [3.8, 4) is 0 Å². The molecule has 112 valence electrons. The first-order chi connectivity index (χ1) is 10.5. The molecule has 0 saturated carbocycles. The zero-order chi connectivity index (χ0) is 15.7. The zero-order valence-electron chi connectivity index (χ0n) is 12.8. The van der Waals surface area contributed by atoms with Crippen molar-refractivity contribution < 1.29 is 4.79 Å². The van der Waals surface area contributed by atoms with Crippen LogP contribution in [0.4, 0.5) is 5.69 Å². The van der Waals surface area contributed by atoms with Crippen LogP contribution in [-0.4, -0.2) is 15.6 Å². The summed E-state index contributed by atoms with van der Waals surface area (Å²) >= 11 is 1.37. The predicted octanol–water partition coefficient (Wildman–Crippen LogP) is 3.53. The van der Waals surface area contributed by atoms with Gasteiger partial charge in [-0.3, -0.25) is 4.79 Å². The Morgan fingerprint density at radius 3 is 2.77 bits per heavy atom. The third-order valence-electron chi connectivity index (χ3n) is 3.71. The van der Waals surface area contributed by atoms with Gasteiger partial charge in [-0.05, 0) is 61.0 Å². The molecule has 1 saturated heterocycles. The number of hydrogen-bond acceptors (Lipinski definition) is 3. The van der Waals surface area contributed by atoms with Gasteiger partial charge in [-0.15, -0.1) is 0 Å². The minimum absolute atomic E-state index is 0.102. The van der Waals surface area contributed by atoms with E-state index in [0.29, 0.717) is 10.1 Å². The van der Waals surface area contributed by atoms with Gasteiger partial charge in [0.2, 0.25) is 0 Å². The van der Waals surface area contributed by atoms with Crippen LogP contribution in [0.3, 0.4) is 0 Å². The lowest BCUT2D eigenvalue weighted by Gasteiger charge is -2.04. The van der Waals surface area contributed by atoms with Crippen molar-refractivity contribution in [3.05, 3.63) is 58.3 Å². The van der Waals surface area contributed by atoms with Crippen molar-refractivity contribution in [1.29, 1.82) is 0 Å². The summed E-state index contributed by atoms with van der Waals surface area (Å²) < 4.78 is 1.97. The molecule has 0 atom stereocenters. The first-order valence-electron chi connectivity index (χ1n) is 7.02. The summed E-state index contributed by atoms with van der Waals surface area (Å²) in [5, 5.41) is 3.45. The van der Waals surface area contributed by atoms with Crippen LogP contribution in [0.2, 0.25) is 0 Å². The average molecular weight is 311 g/mol. The molecule has 3 rings (SSSR count). The number of carbonyl (C=O) groups is 1. The maximum absolute atomic E-state index is 12.1. The number of aryl methyl sites for hydroxylation is 2. The van der Waals surface area contributed by atoms with E-state index in [1.807, 2.05) is 55.1 Å². The van der Waals surface area contributed by atoms with Gasteiger partial charge >= 0.3 is 0 Å². The smallest absolute Gasteiger partial charge is 0.264 e. The molecule has 0 radical (unpaired) electrons. The fraction of sp³-hybridized carbons (Fsp3) is 0.176. The van der Waals surface area contributed by atoms with E-state index in [9.17, 15) is 4.79 Å². The molecule has 22 heavy (non-hydrogen) atoms. The molecule has 0 aliphatic carbocycles. The van der Waals surface area contributed by atoms with Crippen molar-refractivity contribution in [2.45, 2.75) is 13.8 Å². The highest BCUT2D eigenvalue weighted by Crippen LogP contribution is 2.29. The second kappa shape index (κ2) is 5.85. The number of hydrogen-bond donors (Lipinski definition) is 1. The number of aromatic nitrogens is 1. The van der Waals surface area contributed by atoms with Gasteiger partial charge in [0.05, 0.1) is 10.6 Å². The lowest BCUT2D eigenvalue weighted by Crippen LogP contribution is -2.19. The Kier molecular flexibility index (Phi) is 3.90. The molecular formula is C17H17N3OS. The van der Waals surface area contributed by atoms with Gasteiger partial charge in [0, 0.05) is 18.9 Å². The van der Waals surface area contributed by atoms with Crippen LogP contribution < -0.4 is 5.32 Å². The monoisotopic (exact) mass is 311 g/mol. The Balaban J connectivity index is 1.89. The maximum atomic E-state index is 12.1. The Morgan fingerprint density at radius 1 is 1.23 bits per heavy atom. The molecule has 0 bridgehead atoms. The topological polar surface area (TPSA) is 46.4 Å². The molecule has 1 aromatic carbocycles. The SMILES string of the molecule is Cc1cccc(N=C2NC(=O)/C(=C/c3cccn3C)S2)c1C. The minimum Gasteiger partial charge on any atom is -0.351 e. The molecular weight excluding hydrogens is 294 g/mol. The Morgan fingerprint density at radius 2 is 2.05 bits per heavy atom. The minimum atomic E-state index is -0.102. The molecule has 1 aromatic heterocycles. The predicted molar refractivity (Wildman–Crippen MR) is 92.1 cm³/mol. The third kappa shape index (κ3) is 2.85. The molecule has 2 aromatic rings. The Bertz CT molecular complexity index is 802. The highest BCUT2D eigenvalue weighted by Gasteiger charge is 2.24. The number of nitrogens with one attached hydrogen (secondary N) is 1. The van der Waals surface area contributed by atoms with Gasteiger partial charge in [-0.2, -0.15) is 0 Å². The maximum Gasteiger partial charge on any atom is 0.264 e. The van der Waals surface area contributed by atoms with Crippen LogP contribution in [-0.2, 0) is 11.8 Å². The second-order valence-electron chi connectivity index (χ2n) is 5.24. The highest BCUT2D eigenvalue weighted by molar-refractivity contribution is 8.18. The van der Waals surface area contributed by atoms with E-state index in [1.165, 1.54) is 17.3 Å². The second-order valence-corrected chi connectivity index (χ2v) is 6.28. The van der Waals surface area contributed by atoms with Crippen LogP contribution in [0.1, 0.15) is 16.8 Å². The summed E-state index contributed by atoms with van der Waals surface area (Å²) in [5.74, 6) is -0.102. The zero-order valence-corrected chi connectivity index (χ0v) is 13.6. The van der Waals surface area contributed by atoms with Gasteiger partial charge in [-0.1, -0.05) is 12.1 Å². The van der Waals surface area contributed by atoms with Crippen LogP contribution >= 0.6 is 11.8 Å². The molecule has 1 N–H and O–H groups in total. The molecule has 0 unspecified atom stereocenters. The number of amides is 1. The van der Waals surface area contributed by atoms with Gasteiger partial charge in [0.25, 0.3) is 5.91 Å². The van der Waals surface area contributed by atoms with E-state index in [4.69, 9.17) is 0 Å². The van der Waals surface area contributed by atoms with Gasteiger partial charge < -0.3 is 9.88 Å². The molecule has 4 nitrogen and oxygen atoms in total. The van der Waals surface area contributed by atoms with Crippen molar-refractivity contribution in [3.63, 3.8) is 0 Å².